The van der Waals surface area contributed by atoms with E-state index < -0.39 is 35.3 Å². The number of hydrogen-bond acceptors (Lipinski definition) is 5. The van der Waals surface area contributed by atoms with Gasteiger partial charge in [-0.05, 0) is 52.3 Å². The molecule has 11 heteroatoms. The number of oxime groups is 1. The van der Waals surface area contributed by atoms with Crippen LogP contribution in [-0.2, 0) is 23.8 Å². The Morgan fingerprint density at radius 1 is 1.00 bits per heavy atom. The van der Waals surface area contributed by atoms with Crippen molar-refractivity contribution in [3.63, 3.8) is 0 Å². The molecule has 0 saturated carbocycles. The molecule has 0 aliphatic heterocycles. The Morgan fingerprint density at radius 2 is 1.56 bits per heavy atom. The van der Waals surface area contributed by atoms with Crippen LogP contribution in [0.15, 0.2) is 36.0 Å². The first-order valence-corrected chi connectivity index (χ1v) is 10.9. The first kappa shape index (κ1) is 30.8. The third-order valence-corrected chi connectivity index (χ3v) is 5.05. The zero-order valence-electron chi connectivity index (χ0n) is 20.8. The predicted octanol–water partition coefficient (Wildman–Crippen LogP) is 7.61. The van der Waals surface area contributed by atoms with Crippen molar-refractivity contribution >= 4 is 6.72 Å². The van der Waals surface area contributed by atoms with E-state index in [0.29, 0.717) is 31.8 Å². The van der Waals surface area contributed by atoms with Crippen molar-refractivity contribution in [3.05, 3.63) is 64.5 Å². The lowest BCUT2D eigenvalue weighted by Crippen LogP contribution is -2.14. The molecule has 1 atom stereocenters. The average molecular weight is 521 g/mol. The standard InChI is InChI=1S/C13H18N2O2.C12H12F6O/c1-6-7-16-13-9(2)10(3)15-11(4)12(13)8-17-14-5;1-3-7(2)19-10-5-8(11(13,14)15)4-9(6-10)12(16,17)18/h6H,1,5,7-8H2,2-4H3;4-7H,3H2,1-2H3. The molecule has 0 fully saturated rings. The molecule has 2 aromatic rings. The van der Waals surface area contributed by atoms with Crippen LogP contribution >= 0.6 is 0 Å². The van der Waals surface area contributed by atoms with Gasteiger partial charge >= 0.3 is 12.4 Å². The third-order valence-electron chi connectivity index (χ3n) is 5.05. The summed E-state index contributed by atoms with van der Waals surface area (Å²) in [6.45, 7) is 16.8. The lowest BCUT2D eigenvalue weighted by atomic mass is 10.1. The maximum Gasteiger partial charge on any atom is 0.416 e. The molecule has 2 rings (SSSR count). The van der Waals surface area contributed by atoms with E-state index >= 15 is 0 Å². The number of halogens is 6. The summed E-state index contributed by atoms with van der Waals surface area (Å²) >= 11 is 0. The molecule has 200 valence electrons. The van der Waals surface area contributed by atoms with E-state index in [-0.39, 0.29) is 6.07 Å². The highest BCUT2D eigenvalue weighted by Crippen LogP contribution is 2.38. The SMILES string of the molecule is C=CCOc1c(C)c(C)nc(C)c1CON=C.CCC(C)Oc1cc(C(F)(F)F)cc(C(F)(F)F)c1. The smallest absolute Gasteiger partial charge is 0.416 e. The van der Waals surface area contributed by atoms with Crippen molar-refractivity contribution in [2.75, 3.05) is 6.61 Å². The Hall–Kier alpha value is -3.24. The van der Waals surface area contributed by atoms with Crippen LogP contribution in [-0.4, -0.2) is 24.4 Å². The summed E-state index contributed by atoms with van der Waals surface area (Å²) in [7, 11) is 0. The number of ether oxygens (including phenoxy) is 2. The van der Waals surface area contributed by atoms with Gasteiger partial charge in [-0.25, -0.2) is 0 Å². The molecule has 0 amide bonds. The Morgan fingerprint density at radius 3 is 2.00 bits per heavy atom. The second kappa shape index (κ2) is 13.2. The molecular formula is C25H30F6N2O3. The van der Waals surface area contributed by atoms with Crippen molar-refractivity contribution in [1.82, 2.24) is 4.98 Å². The maximum absolute atomic E-state index is 12.5. The van der Waals surface area contributed by atoms with Gasteiger partial charge in [-0.3, -0.25) is 4.98 Å². The Bertz CT molecular complexity index is 1000. The van der Waals surface area contributed by atoms with Gasteiger partial charge in [0.1, 0.15) is 24.7 Å². The third kappa shape index (κ3) is 9.09. The molecule has 1 aromatic heterocycles. The molecular weight excluding hydrogens is 490 g/mol. The van der Waals surface area contributed by atoms with Crippen LogP contribution < -0.4 is 9.47 Å². The zero-order chi connectivity index (χ0) is 27.7. The highest BCUT2D eigenvalue weighted by molar-refractivity contribution is 5.45. The number of aryl methyl sites for hydroxylation is 2. The Kier molecular flexibility index (Phi) is 11.3. The highest BCUT2D eigenvalue weighted by atomic mass is 19.4. The summed E-state index contributed by atoms with van der Waals surface area (Å²) in [5.74, 6) is 0.370. The molecule has 5 nitrogen and oxygen atoms in total. The van der Waals surface area contributed by atoms with Crippen molar-refractivity contribution in [3.8, 4) is 11.5 Å². The first-order valence-electron chi connectivity index (χ1n) is 10.9. The molecule has 0 saturated heterocycles. The molecule has 0 radical (unpaired) electrons. The predicted molar refractivity (Wildman–Crippen MR) is 125 cm³/mol. The second-order valence-corrected chi connectivity index (χ2v) is 7.80. The first-order chi connectivity index (χ1) is 16.6. The fourth-order valence-corrected chi connectivity index (χ4v) is 2.89. The van der Waals surface area contributed by atoms with Gasteiger partial charge in [0, 0.05) is 23.7 Å². The van der Waals surface area contributed by atoms with Gasteiger partial charge in [0.15, 0.2) is 0 Å². The fourth-order valence-electron chi connectivity index (χ4n) is 2.89. The number of benzene rings is 1. The van der Waals surface area contributed by atoms with Gasteiger partial charge in [0.25, 0.3) is 0 Å². The van der Waals surface area contributed by atoms with Gasteiger partial charge in [-0.2, -0.15) is 26.3 Å². The van der Waals surface area contributed by atoms with Crippen molar-refractivity contribution in [2.24, 2.45) is 5.16 Å². The topological polar surface area (TPSA) is 52.9 Å². The molecule has 0 N–H and O–H groups in total. The van der Waals surface area contributed by atoms with Crippen LogP contribution in [0, 0.1) is 20.8 Å². The monoisotopic (exact) mass is 520 g/mol. The second-order valence-electron chi connectivity index (χ2n) is 7.80. The van der Waals surface area contributed by atoms with E-state index in [2.05, 4.69) is 23.4 Å². The van der Waals surface area contributed by atoms with Gasteiger partial charge in [0.05, 0.1) is 22.8 Å². The molecule has 36 heavy (non-hydrogen) atoms. The Balaban J connectivity index is 0.000000362. The normalized spacial score (nSPS) is 12.2. The van der Waals surface area contributed by atoms with Crippen LogP contribution in [0.4, 0.5) is 26.3 Å². The Labute approximate surface area is 206 Å². The molecule has 0 aliphatic carbocycles. The fraction of sp³-hybridized carbons (Fsp3) is 0.440. The molecule has 0 aliphatic rings. The lowest BCUT2D eigenvalue weighted by Gasteiger charge is -2.17. The zero-order valence-corrected chi connectivity index (χ0v) is 20.8. The lowest BCUT2D eigenvalue weighted by molar-refractivity contribution is -0.143. The van der Waals surface area contributed by atoms with E-state index in [1.807, 2.05) is 20.8 Å². The number of hydrogen-bond donors (Lipinski definition) is 0. The maximum atomic E-state index is 12.5. The summed E-state index contributed by atoms with van der Waals surface area (Å²) in [6.07, 6.45) is -7.99. The van der Waals surface area contributed by atoms with Gasteiger partial charge < -0.3 is 14.3 Å². The van der Waals surface area contributed by atoms with E-state index in [4.69, 9.17) is 14.3 Å². The number of nitrogens with zero attached hydrogens (tertiary/aromatic N) is 2. The van der Waals surface area contributed by atoms with Crippen LogP contribution in [0.25, 0.3) is 0 Å². The van der Waals surface area contributed by atoms with Gasteiger partial charge in [-0.15, -0.1) is 5.16 Å². The average Bonchev–Trinajstić information content (AvgIpc) is 2.78. The quantitative estimate of drug-likeness (QED) is 0.148. The number of aromatic nitrogens is 1. The summed E-state index contributed by atoms with van der Waals surface area (Å²) in [6, 6.07) is 1.21. The minimum absolute atomic E-state index is 0.0729. The van der Waals surface area contributed by atoms with Gasteiger partial charge in [-0.1, -0.05) is 19.6 Å². The van der Waals surface area contributed by atoms with E-state index in [9.17, 15) is 26.3 Å². The number of rotatable bonds is 9. The van der Waals surface area contributed by atoms with Gasteiger partial charge in [0.2, 0.25) is 0 Å². The minimum atomic E-state index is -4.85. The molecule has 0 spiro atoms. The molecule has 1 heterocycles. The summed E-state index contributed by atoms with van der Waals surface area (Å²) in [4.78, 5) is 9.43. The van der Waals surface area contributed by atoms with Crippen molar-refractivity contribution in [2.45, 2.75) is 66.1 Å². The molecule has 1 unspecified atom stereocenters. The number of pyridine rings is 1. The number of alkyl halides is 6. The van der Waals surface area contributed by atoms with Crippen LogP contribution in [0.2, 0.25) is 0 Å². The summed E-state index contributed by atoms with van der Waals surface area (Å²) in [5, 5.41) is 3.39. The minimum Gasteiger partial charge on any atom is -0.491 e. The summed E-state index contributed by atoms with van der Waals surface area (Å²) in [5.41, 5.74) is 1.01. The molecule has 1 aromatic carbocycles. The van der Waals surface area contributed by atoms with E-state index in [1.54, 1.807) is 19.9 Å². The van der Waals surface area contributed by atoms with Crippen LogP contribution in [0.3, 0.4) is 0 Å². The van der Waals surface area contributed by atoms with E-state index in [0.717, 1.165) is 28.3 Å². The largest absolute Gasteiger partial charge is 0.491 e. The van der Waals surface area contributed by atoms with Crippen molar-refractivity contribution < 1.29 is 40.7 Å². The molecule has 0 bridgehead atoms. The van der Waals surface area contributed by atoms with E-state index in [1.165, 1.54) is 0 Å². The highest BCUT2D eigenvalue weighted by Gasteiger charge is 2.37. The van der Waals surface area contributed by atoms with Crippen LogP contribution in [0.5, 0.6) is 11.5 Å². The van der Waals surface area contributed by atoms with Crippen molar-refractivity contribution in [1.29, 1.82) is 0 Å². The van der Waals surface area contributed by atoms with Crippen LogP contribution in [0.1, 0.15) is 53.9 Å². The summed E-state index contributed by atoms with van der Waals surface area (Å²) < 4.78 is 85.9.